The molecule has 0 bridgehead atoms. The maximum Gasteiger partial charge on any atom is 0.283 e. The van der Waals surface area contributed by atoms with Gasteiger partial charge in [-0.15, -0.1) is 0 Å². The van der Waals surface area contributed by atoms with Gasteiger partial charge in [0, 0.05) is 12.6 Å². The summed E-state index contributed by atoms with van der Waals surface area (Å²) >= 11 is 0. The second-order valence-corrected chi connectivity index (χ2v) is 5.23. The number of hydrogen-bond donors (Lipinski definition) is 2. The molecule has 1 heterocycles. The van der Waals surface area contributed by atoms with Gasteiger partial charge in [0.1, 0.15) is 6.61 Å². The van der Waals surface area contributed by atoms with Crippen LogP contribution in [0.5, 0.6) is 0 Å². The first kappa shape index (κ1) is 14.4. The Morgan fingerprint density at radius 3 is 2.68 bits per heavy atom. The molecule has 1 aliphatic rings. The molecule has 1 aromatic carbocycles. The fourth-order valence-electron chi connectivity index (χ4n) is 2.50. The average Bonchev–Trinajstić information content (AvgIpc) is 2.39. The quantitative estimate of drug-likeness (QED) is 0.873. The first-order valence-electron chi connectivity index (χ1n) is 6.39. The van der Waals surface area contributed by atoms with Gasteiger partial charge in [-0.3, -0.25) is 4.90 Å². The summed E-state index contributed by atoms with van der Waals surface area (Å²) in [6.45, 7) is 0.812. The molecule has 1 aliphatic heterocycles. The van der Waals surface area contributed by atoms with Gasteiger partial charge < -0.3 is 10.2 Å². The Morgan fingerprint density at radius 2 is 2.05 bits per heavy atom. The molecule has 1 unspecified atom stereocenters. The number of fused-ring (bicyclic) bond motifs is 1. The van der Waals surface area contributed by atoms with Crippen LogP contribution in [-0.2, 0) is 19.6 Å². The Labute approximate surface area is 111 Å². The van der Waals surface area contributed by atoms with Crippen molar-refractivity contribution in [3.8, 4) is 0 Å². The predicted molar refractivity (Wildman–Crippen MR) is 68.0 cm³/mol. The van der Waals surface area contributed by atoms with Crippen molar-refractivity contribution in [2.45, 2.75) is 38.5 Å². The van der Waals surface area contributed by atoms with Crippen molar-refractivity contribution in [1.82, 2.24) is 4.90 Å². The second-order valence-electron chi connectivity index (χ2n) is 5.23. The Kier molecular flexibility index (Phi) is 4.18. The highest BCUT2D eigenvalue weighted by atomic mass is 19.3. The van der Waals surface area contributed by atoms with Gasteiger partial charge in [0.2, 0.25) is 0 Å². The summed E-state index contributed by atoms with van der Waals surface area (Å²) in [6, 6.07) is 5.64. The molecule has 0 aliphatic carbocycles. The Bertz CT molecular complexity index is 451. The summed E-state index contributed by atoms with van der Waals surface area (Å²) in [5.41, 5.74) is 2.98. The minimum Gasteiger partial charge on any atom is -0.392 e. The lowest BCUT2D eigenvalue weighted by atomic mass is 9.93. The van der Waals surface area contributed by atoms with Crippen LogP contribution in [0.15, 0.2) is 18.2 Å². The molecule has 106 valence electrons. The molecule has 3 nitrogen and oxygen atoms in total. The minimum atomic E-state index is -3.06. The van der Waals surface area contributed by atoms with Gasteiger partial charge in [-0.25, -0.2) is 8.78 Å². The Morgan fingerprint density at radius 1 is 1.32 bits per heavy atom. The number of hydrogen-bond acceptors (Lipinski definition) is 3. The zero-order valence-electron chi connectivity index (χ0n) is 10.9. The van der Waals surface area contributed by atoms with Gasteiger partial charge in [0.15, 0.2) is 0 Å². The van der Waals surface area contributed by atoms with E-state index in [1.54, 1.807) is 4.90 Å². The van der Waals surface area contributed by atoms with Crippen molar-refractivity contribution in [2.24, 2.45) is 0 Å². The van der Waals surface area contributed by atoms with Gasteiger partial charge in [0.05, 0.1) is 13.2 Å². The van der Waals surface area contributed by atoms with E-state index in [-0.39, 0.29) is 12.6 Å². The molecule has 1 atom stereocenters. The maximum absolute atomic E-state index is 13.3. The number of benzene rings is 1. The maximum atomic E-state index is 13.3. The molecular formula is C14H19F2NO2. The summed E-state index contributed by atoms with van der Waals surface area (Å²) in [6.07, 6.45) is 0.685. The smallest absolute Gasteiger partial charge is 0.283 e. The van der Waals surface area contributed by atoms with Crippen molar-refractivity contribution in [3.63, 3.8) is 0 Å². The predicted octanol–water partition coefficient (Wildman–Crippen LogP) is 1.55. The Hall–Kier alpha value is -1.04. The molecule has 0 spiro atoms. The van der Waals surface area contributed by atoms with E-state index in [0.717, 1.165) is 16.7 Å². The molecule has 0 amide bonds. The van der Waals surface area contributed by atoms with Crippen molar-refractivity contribution in [1.29, 1.82) is 0 Å². The highest BCUT2D eigenvalue weighted by Crippen LogP contribution is 2.27. The number of alkyl halides is 2. The van der Waals surface area contributed by atoms with Crippen LogP contribution in [0.3, 0.4) is 0 Å². The summed E-state index contributed by atoms with van der Waals surface area (Å²) in [5, 5.41) is 17.8. The van der Waals surface area contributed by atoms with Crippen LogP contribution >= 0.6 is 0 Å². The summed E-state index contributed by atoms with van der Waals surface area (Å²) in [5.74, 6) is -3.06. The highest BCUT2D eigenvalue weighted by molar-refractivity contribution is 5.34. The minimum absolute atomic E-state index is 0.00105. The largest absolute Gasteiger partial charge is 0.392 e. The molecule has 2 rings (SSSR count). The van der Waals surface area contributed by atoms with Crippen LogP contribution in [-0.4, -0.2) is 40.2 Å². The third kappa shape index (κ3) is 3.29. The van der Waals surface area contributed by atoms with Crippen molar-refractivity contribution >= 4 is 0 Å². The monoisotopic (exact) mass is 271 g/mol. The van der Waals surface area contributed by atoms with Crippen molar-refractivity contribution < 1.29 is 19.0 Å². The van der Waals surface area contributed by atoms with Gasteiger partial charge in [-0.05, 0) is 30.0 Å². The molecular weight excluding hydrogens is 252 g/mol. The molecule has 0 fully saturated rings. The molecule has 0 aromatic heterocycles. The normalized spacial score (nSPS) is 20.4. The third-order valence-electron chi connectivity index (χ3n) is 3.63. The van der Waals surface area contributed by atoms with Gasteiger partial charge in [0.25, 0.3) is 5.92 Å². The molecule has 0 radical (unpaired) electrons. The molecule has 0 saturated carbocycles. The van der Waals surface area contributed by atoms with E-state index in [2.05, 4.69) is 0 Å². The van der Waals surface area contributed by atoms with E-state index in [0.29, 0.717) is 13.0 Å². The van der Waals surface area contributed by atoms with Crippen LogP contribution in [0.2, 0.25) is 0 Å². The number of aliphatic hydroxyl groups is 2. The van der Waals surface area contributed by atoms with Crippen LogP contribution in [0, 0.1) is 0 Å². The number of halogens is 2. The van der Waals surface area contributed by atoms with Crippen molar-refractivity contribution in [2.75, 3.05) is 13.2 Å². The lowest BCUT2D eigenvalue weighted by Gasteiger charge is -2.36. The van der Waals surface area contributed by atoms with Crippen LogP contribution in [0.4, 0.5) is 8.78 Å². The highest BCUT2D eigenvalue weighted by Gasteiger charge is 2.34. The van der Waals surface area contributed by atoms with Gasteiger partial charge in [-0.1, -0.05) is 18.2 Å². The van der Waals surface area contributed by atoms with Crippen molar-refractivity contribution in [3.05, 3.63) is 34.9 Å². The molecule has 1 aromatic rings. The van der Waals surface area contributed by atoms with Gasteiger partial charge >= 0.3 is 0 Å². The SMILES string of the molecule is CC1Cc2cc(CO)ccc2CN1CC(F)(F)CO. The standard InChI is InChI=1S/C14H19F2NO2/c1-10-4-13-5-11(7-18)2-3-12(13)6-17(10)8-14(15,16)9-19/h2-3,5,10,18-19H,4,6-9H2,1H3. The van der Waals surface area contributed by atoms with E-state index in [1.807, 2.05) is 25.1 Å². The zero-order valence-corrected chi connectivity index (χ0v) is 10.9. The second kappa shape index (κ2) is 5.53. The summed E-state index contributed by atoms with van der Waals surface area (Å²) < 4.78 is 26.6. The lowest BCUT2D eigenvalue weighted by molar-refractivity contribution is -0.0818. The number of rotatable bonds is 4. The van der Waals surface area contributed by atoms with Crippen LogP contribution < -0.4 is 0 Å². The number of nitrogens with zero attached hydrogens (tertiary/aromatic N) is 1. The third-order valence-corrected chi connectivity index (χ3v) is 3.63. The fraction of sp³-hybridized carbons (Fsp3) is 0.571. The lowest BCUT2D eigenvalue weighted by Crippen LogP contribution is -2.46. The van der Waals surface area contributed by atoms with Crippen LogP contribution in [0.25, 0.3) is 0 Å². The zero-order chi connectivity index (χ0) is 14.0. The van der Waals surface area contributed by atoms with Crippen LogP contribution in [0.1, 0.15) is 23.6 Å². The fourth-order valence-corrected chi connectivity index (χ4v) is 2.50. The number of aliphatic hydroxyl groups excluding tert-OH is 2. The van der Waals surface area contributed by atoms with E-state index in [1.165, 1.54) is 0 Å². The first-order valence-corrected chi connectivity index (χ1v) is 6.39. The molecule has 19 heavy (non-hydrogen) atoms. The van der Waals surface area contributed by atoms with E-state index >= 15 is 0 Å². The Balaban J connectivity index is 2.15. The van der Waals surface area contributed by atoms with Gasteiger partial charge in [-0.2, -0.15) is 0 Å². The summed E-state index contributed by atoms with van der Waals surface area (Å²) in [7, 11) is 0. The van der Waals surface area contributed by atoms with E-state index in [9.17, 15) is 8.78 Å². The topological polar surface area (TPSA) is 43.7 Å². The molecule has 5 heteroatoms. The first-order chi connectivity index (χ1) is 8.95. The summed E-state index contributed by atoms with van der Waals surface area (Å²) in [4.78, 5) is 1.69. The molecule has 0 saturated heterocycles. The van der Waals surface area contributed by atoms with E-state index < -0.39 is 19.1 Å². The molecule has 2 N–H and O–H groups in total. The van der Waals surface area contributed by atoms with E-state index in [4.69, 9.17) is 10.2 Å². The average molecular weight is 271 g/mol.